The Balaban J connectivity index is 3.20. The SMILES string of the molecule is COCc1cc(F)c(F)c(C(O)C(=O)O)c1. The molecule has 0 aromatic heterocycles. The number of halogens is 2. The fourth-order valence-corrected chi connectivity index (χ4v) is 1.25. The lowest BCUT2D eigenvalue weighted by Gasteiger charge is -2.10. The Morgan fingerprint density at radius 1 is 1.50 bits per heavy atom. The van der Waals surface area contributed by atoms with Crippen molar-refractivity contribution in [3.05, 3.63) is 34.9 Å². The second kappa shape index (κ2) is 5.00. The Morgan fingerprint density at radius 2 is 2.12 bits per heavy atom. The first-order valence-electron chi connectivity index (χ1n) is 4.35. The summed E-state index contributed by atoms with van der Waals surface area (Å²) in [5.41, 5.74) is -0.365. The number of ether oxygens (including phenoxy) is 1. The number of benzene rings is 1. The highest BCUT2D eigenvalue weighted by Crippen LogP contribution is 2.22. The summed E-state index contributed by atoms with van der Waals surface area (Å²) in [6.07, 6.45) is -2.09. The first-order chi connectivity index (χ1) is 7.47. The quantitative estimate of drug-likeness (QED) is 0.819. The minimum Gasteiger partial charge on any atom is -0.479 e. The predicted octanol–water partition coefficient (Wildman–Crippen LogP) is 1.23. The fraction of sp³-hybridized carbons (Fsp3) is 0.300. The van der Waals surface area contributed by atoms with E-state index in [1.807, 2.05) is 0 Å². The zero-order valence-electron chi connectivity index (χ0n) is 8.41. The van der Waals surface area contributed by atoms with Crippen LogP contribution in [0.5, 0.6) is 0 Å². The second-order valence-electron chi connectivity index (χ2n) is 3.15. The van der Waals surface area contributed by atoms with Crippen LogP contribution in [0.15, 0.2) is 12.1 Å². The van der Waals surface area contributed by atoms with Crippen LogP contribution in [0, 0.1) is 11.6 Å². The lowest BCUT2D eigenvalue weighted by Crippen LogP contribution is -2.13. The number of carboxylic acids is 1. The van der Waals surface area contributed by atoms with E-state index in [1.54, 1.807) is 0 Å². The molecule has 0 saturated carbocycles. The first-order valence-corrected chi connectivity index (χ1v) is 4.35. The van der Waals surface area contributed by atoms with Gasteiger partial charge in [0.1, 0.15) is 0 Å². The van der Waals surface area contributed by atoms with Crippen molar-refractivity contribution in [3.8, 4) is 0 Å². The number of rotatable bonds is 4. The number of hydrogen-bond acceptors (Lipinski definition) is 3. The third-order valence-electron chi connectivity index (χ3n) is 1.96. The molecule has 0 amide bonds. The van der Waals surface area contributed by atoms with Crippen molar-refractivity contribution in [2.75, 3.05) is 7.11 Å². The molecule has 4 nitrogen and oxygen atoms in total. The summed E-state index contributed by atoms with van der Waals surface area (Å²) in [5.74, 6) is -4.23. The molecular weight excluding hydrogens is 222 g/mol. The maximum atomic E-state index is 13.2. The molecule has 0 aliphatic carbocycles. The lowest BCUT2D eigenvalue weighted by atomic mass is 10.1. The normalized spacial score (nSPS) is 12.5. The fourth-order valence-electron chi connectivity index (χ4n) is 1.25. The van der Waals surface area contributed by atoms with Gasteiger partial charge in [-0.3, -0.25) is 0 Å². The van der Waals surface area contributed by atoms with E-state index in [4.69, 9.17) is 14.9 Å². The molecule has 0 heterocycles. The lowest BCUT2D eigenvalue weighted by molar-refractivity contribution is -0.147. The highest BCUT2D eigenvalue weighted by molar-refractivity contribution is 5.74. The summed E-state index contributed by atoms with van der Waals surface area (Å²) >= 11 is 0. The number of hydrogen-bond donors (Lipinski definition) is 2. The molecule has 1 rings (SSSR count). The van der Waals surface area contributed by atoms with Gasteiger partial charge in [0.25, 0.3) is 0 Å². The number of aliphatic carboxylic acids is 1. The van der Waals surface area contributed by atoms with Crippen LogP contribution in [0.1, 0.15) is 17.2 Å². The van der Waals surface area contributed by atoms with Gasteiger partial charge in [0.15, 0.2) is 17.7 Å². The molecule has 0 aliphatic heterocycles. The van der Waals surface area contributed by atoms with E-state index >= 15 is 0 Å². The maximum absolute atomic E-state index is 13.2. The minimum absolute atomic E-state index is 0.00343. The van der Waals surface area contributed by atoms with Gasteiger partial charge in [-0.15, -0.1) is 0 Å². The van der Waals surface area contributed by atoms with Crippen LogP contribution in [0.25, 0.3) is 0 Å². The first kappa shape index (κ1) is 12.5. The third-order valence-corrected chi connectivity index (χ3v) is 1.96. The highest BCUT2D eigenvalue weighted by Gasteiger charge is 2.23. The molecule has 88 valence electrons. The monoisotopic (exact) mass is 232 g/mol. The highest BCUT2D eigenvalue weighted by atomic mass is 19.2. The number of methoxy groups -OCH3 is 1. The Hall–Kier alpha value is -1.53. The Labute approximate surface area is 90.1 Å². The molecule has 0 fully saturated rings. The minimum atomic E-state index is -2.09. The van der Waals surface area contributed by atoms with Crippen LogP contribution in [0.4, 0.5) is 8.78 Å². The number of aliphatic hydroxyl groups excluding tert-OH is 1. The van der Waals surface area contributed by atoms with Gasteiger partial charge < -0.3 is 14.9 Å². The summed E-state index contributed by atoms with van der Waals surface area (Å²) < 4.78 is 30.9. The summed E-state index contributed by atoms with van der Waals surface area (Å²) in [6.45, 7) is -0.00343. The standard InChI is InChI=1S/C10H10F2O4/c1-16-4-5-2-6(9(13)10(14)15)8(12)7(11)3-5/h2-3,9,13H,4H2,1H3,(H,14,15). The van der Waals surface area contributed by atoms with Gasteiger partial charge in [-0.05, 0) is 17.7 Å². The van der Waals surface area contributed by atoms with Crippen molar-refractivity contribution in [3.63, 3.8) is 0 Å². The molecule has 0 bridgehead atoms. The van der Waals surface area contributed by atoms with Crippen LogP contribution in [0.2, 0.25) is 0 Å². The van der Waals surface area contributed by atoms with Crippen molar-refractivity contribution in [1.82, 2.24) is 0 Å². The van der Waals surface area contributed by atoms with Crippen LogP contribution in [0.3, 0.4) is 0 Å². The average Bonchev–Trinajstić information content (AvgIpc) is 2.22. The van der Waals surface area contributed by atoms with E-state index in [0.29, 0.717) is 0 Å². The molecular formula is C10H10F2O4. The summed E-state index contributed by atoms with van der Waals surface area (Å²) in [6, 6.07) is 1.94. The molecule has 0 saturated heterocycles. The molecule has 2 N–H and O–H groups in total. The molecule has 1 aromatic carbocycles. The van der Waals surface area contributed by atoms with Crippen molar-refractivity contribution in [2.45, 2.75) is 12.7 Å². The van der Waals surface area contributed by atoms with Crippen molar-refractivity contribution in [2.24, 2.45) is 0 Å². The molecule has 6 heteroatoms. The van der Waals surface area contributed by atoms with Gasteiger partial charge in [-0.2, -0.15) is 0 Å². The third kappa shape index (κ3) is 2.53. The van der Waals surface area contributed by atoms with Gasteiger partial charge in [-0.1, -0.05) is 0 Å². The molecule has 0 radical (unpaired) electrons. The molecule has 16 heavy (non-hydrogen) atoms. The summed E-state index contributed by atoms with van der Waals surface area (Å²) in [5, 5.41) is 17.6. The average molecular weight is 232 g/mol. The number of aliphatic hydroxyl groups is 1. The smallest absolute Gasteiger partial charge is 0.337 e. The Morgan fingerprint density at radius 3 is 2.62 bits per heavy atom. The van der Waals surface area contributed by atoms with E-state index in [0.717, 1.165) is 12.1 Å². The van der Waals surface area contributed by atoms with Crippen LogP contribution in [-0.4, -0.2) is 23.3 Å². The summed E-state index contributed by atoms with van der Waals surface area (Å²) in [4.78, 5) is 10.5. The van der Waals surface area contributed by atoms with E-state index in [9.17, 15) is 13.6 Å². The largest absolute Gasteiger partial charge is 0.479 e. The van der Waals surface area contributed by atoms with Gasteiger partial charge in [0, 0.05) is 12.7 Å². The van der Waals surface area contributed by atoms with Crippen LogP contribution < -0.4 is 0 Å². The topological polar surface area (TPSA) is 66.8 Å². The zero-order valence-corrected chi connectivity index (χ0v) is 8.41. The van der Waals surface area contributed by atoms with Gasteiger partial charge in [-0.25, -0.2) is 13.6 Å². The van der Waals surface area contributed by atoms with E-state index < -0.39 is 29.3 Å². The molecule has 0 spiro atoms. The van der Waals surface area contributed by atoms with Gasteiger partial charge in [0.2, 0.25) is 0 Å². The van der Waals surface area contributed by atoms with Crippen molar-refractivity contribution >= 4 is 5.97 Å². The van der Waals surface area contributed by atoms with Gasteiger partial charge >= 0.3 is 5.97 Å². The molecule has 1 unspecified atom stereocenters. The molecule has 0 aliphatic rings. The van der Waals surface area contributed by atoms with E-state index in [2.05, 4.69) is 0 Å². The second-order valence-corrected chi connectivity index (χ2v) is 3.15. The predicted molar refractivity (Wildman–Crippen MR) is 49.7 cm³/mol. The van der Waals surface area contributed by atoms with E-state index in [1.165, 1.54) is 7.11 Å². The van der Waals surface area contributed by atoms with Crippen LogP contribution >= 0.6 is 0 Å². The van der Waals surface area contributed by atoms with Crippen LogP contribution in [-0.2, 0) is 16.1 Å². The molecule has 1 atom stereocenters. The Bertz CT molecular complexity index is 406. The Kier molecular flexibility index (Phi) is 3.92. The summed E-state index contributed by atoms with van der Waals surface area (Å²) in [7, 11) is 1.36. The zero-order chi connectivity index (χ0) is 12.3. The van der Waals surface area contributed by atoms with Crippen molar-refractivity contribution in [1.29, 1.82) is 0 Å². The van der Waals surface area contributed by atoms with Gasteiger partial charge in [0.05, 0.1) is 6.61 Å². The molecule has 1 aromatic rings. The number of carbonyl (C=O) groups is 1. The van der Waals surface area contributed by atoms with Crippen molar-refractivity contribution < 1.29 is 28.5 Å². The van der Waals surface area contributed by atoms with E-state index in [-0.39, 0.29) is 12.2 Å². The maximum Gasteiger partial charge on any atom is 0.337 e. The number of carboxylic acid groups (broad SMARTS) is 1.